The van der Waals surface area contributed by atoms with E-state index < -0.39 is 0 Å². The van der Waals surface area contributed by atoms with Gasteiger partial charge in [-0.2, -0.15) is 5.10 Å². The molecule has 0 aliphatic heterocycles. The first-order valence-corrected chi connectivity index (χ1v) is 12.0. The predicted octanol–water partition coefficient (Wildman–Crippen LogP) is 7.56. The maximum Gasteiger partial charge on any atom is 0.231 e. The first-order valence-electron chi connectivity index (χ1n) is 11.2. The van der Waals surface area contributed by atoms with Gasteiger partial charge in [0.1, 0.15) is 0 Å². The lowest BCUT2D eigenvalue weighted by molar-refractivity contribution is 0.851. The van der Waals surface area contributed by atoms with Crippen LogP contribution in [0, 0.1) is 69.2 Å². The highest BCUT2D eigenvalue weighted by atomic mass is 32.1. The van der Waals surface area contributed by atoms with E-state index in [-0.39, 0.29) is 0 Å². The summed E-state index contributed by atoms with van der Waals surface area (Å²) < 4.78 is 2.98. The van der Waals surface area contributed by atoms with Gasteiger partial charge in [-0.05, 0) is 119 Å². The van der Waals surface area contributed by atoms with E-state index in [0.717, 1.165) is 16.9 Å². The van der Waals surface area contributed by atoms with Gasteiger partial charge in [-0.15, -0.1) is 10.2 Å². The number of fused-ring (bicyclic) bond motifs is 1. The summed E-state index contributed by atoms with van der Waals surface area (Å²) in [6.07, 6.45) is 0. The molecule has 0 atom stereocenters. The second-order valence-corrected chi connectivity index (χ2v) is 10.1. The number of hydrogen-bond donors (Lipinski definition) is 1. The zero-order chi connectivity index (χ0) is 24.4. The molecule has 2 aromatic heterocycles. The van der Waals surface area contributed by atoms with Crippen molar-refractivity contribution >= 4 is 38.2 Å². The first kappa shape index (κ1) is 23.1. The van der Waals surface area contributed by atoms with Crippen LogP contribution in [0.4, 0.5) is 16.6 Å². The van der Waals surface area contributed by atoms with Crippen LogP contribution in [-0.4, -0.2) is 14.8 Å². The molecule has 172 valence electrons. The molecular formula is C26H32N6S. The Kier molecular flexibility index (Phi) is 5.65. The number of rotatable bonds is 3. The van der Waals surface area contributed by atoms with Gasteiger partial charge in [0.2, 0.25) is 5.13 Å². The Bertz CT molecular complexity index is 1390. The van der Waals surface area contributed by atoms with E-state index in [4.69, 9.17) is 15.8 Å². The van der Waals surface area contributed by atoms with E-state index >= 15 is 0 Å². The van der Waals surface area contributed by atoms with Crippen LogP contribution < -0.4 is 5.73 Å². The smallest absolute Gasteiger partial charge is 0.231 e. The minimum Gasteiger partial charge on any atom is -0.382 e. The summed E-state index contributed by atoms with van der Waals surface area (Å²) in [6.45, 7) is 21.2. The zero-order valence-corrected chi connectivity index (χ0v) is 22.0. The quantitative estimate of drug-likeness (QED) is 0.320. The Labute approximate surface area is 199 Å². The van der Waals surface area contributed by atoms with Crippen LogP contribution in [-0.2, 0) is 0 Å². The van der Waals surface area contributed by atoms with Crippen molar-refractivity contribution in [3.63, 3.8) is 0 Å². The molecule has 2 heterocycles. The van der Waals surface area contributed by atoms with Crippen LogP contribution in [0.3, 0.4) is 0 Å². The fraction of sp³-hybridized carbons (Fsp3) is 0.385. The Morgan fingerprint density at radius 3 is 1.79 bits per heavy atom. The van der Waals surface area contributed by atoms with Crippen molar-refractivity contribution in [3.05, 3.63) is 55.8 Å². The molecule has 0 radical (unpaired) electrons. The lowest BCUT2D eigenvalue weighted by Crippen LogP contribution is -2.09. The number of nitrogens with two attached hydrogens (primary N) is 1. The molecule has 0 spiro atoms. The van der Waals surface area contributed by atoms with Crippen molar-refractivity contribution in [1.82, 2.24) is 14.8 Å². The zero-order valence-electron chi connectivity index (χ0n) is 21.2. The third-order valence-corrected chi connectivity index (χ3v) is 8.53. The molecule has 33 heavy (non-hydrogen) atoms. The standard InChI is InChI=1S/C26H32N6S/c1-11-13(3)17(7)23(18(8)14(11)4)32-25(27)22(20(10)31-32)29-30-26-28-21-16(6)12(2)15(5)19(9)24(21)33-26/h27H2,1-10H3. The Balaban J connectivity index is 1.82. The molecule has 2 N–H and O–H groups in total. The summed E-state index contributed by atoms with van der Waals surface area (Å²) in [5, 5.41) is 14.4. The van der Waals surface area contributed by atoms with E-state index in [0.29, 0.717) is 16.6 Å². The summed E-state index contributed by atoms with van der Waals surface area (Å²) in [4.78, 5) is 4.77. The van der Waals surface area contributed by atoms with Crippen molar-refractivity contribution < 1.29 is 0 Å². The summed E-state index contributed by atoms with van der Waals surface area (Å²) in [6, 6.07) is 0. The van der Waals surface area contributed by atoms with E-state index in [1.165, 1.54) is 54.8 Å². The van der Waals surface area contributed by atoms with Crippen LogP contribution in [0.25, 0.3) is 15.9 Å². The van der Waals surface area contributed by atoms with Crippen LogP contribution in [0.1, 0.15) is 55.8 Å². The van der Waals surface area contributed by atoms with Crippen molar-refractivity contribution in [3.8, 4) is 5.69 Å². The second kappa shape index (κ2) is 8.06. The minimum absolute atomic E-state index is 0.491. The van der Waals surface area contributed by atoms with Gasteiger partial charge in [-0.3, -0.25) is 0 Å². The third-order valence-electron chi connectivity index (χ3n) is 7.47. The lowest BCUT2D eigenvalue weighted by atomic mass is 9.93. The highest BCUT2D eigenvalue weighted by Gasteiger charge is 2.20. The molecule has 0 amide bonds. The number of nitrogens with zero attached hydrogens (tertiary/aromatic N) is 5. The fourth-order valence-electron chi connectivity index (χ4n) is 4.49. The van der Waals surface area contributed by atoms with Crippen LogP contribution in [0.15, 0.2) is 10.2 Å². The average Bonchev–Trinajstić information content (AvgIpc) is 3.33. The van der Waals surface area contributed by atoms with Gasteiger partial charge >= 0.3 is 0 Å². The van der Waals surface area contributed by atoms with Crippen molar-refractivity contribution in [2.75, 3.05) is 5.73 Å². The van der Waals surface area contributed by atoms with Crippen molar-refractivity contribution in [2.45, 2.75) is 69.2 Å². The molecule has 2 aromatic carbocycles. The molecule has 0 aliphatic rings. The molecule has 0 bridgehead atoms. The summed E-state index contributed by atoms with van der Waals surface area (Å²) in [7, 11) is 0. The molecule has 0 fully saturated rings. The van der Waals surface area contributed by atoms with Gasteiger partial charge in [0.05, 0.1) is 21.6 Å². The molecule has 4 aromatic rings. The first-order chi connectivity index (χ1) is 15.5. The largest absolute Gasteiger partial charge is 0.382 e. The number of azo groups is 1. The number of nitrogen functional groups attached to an aromatic ring is 1. The average molecular weight is 461 g/mol. The Morgan fingerprint density at radius 2 is 1.18 bits per heavy atom. The number of anilines is 1. The van der Waals surface area contributed by atoms with Gasteiger partial charge in [0.15, 0.2) is 11.5 Å². The molecule has 4 rings (SSSR count). The highest BCUT2D eigenvalue weighted by molar-refractivity contribution is 7.22. The second-order valence-electron chi connectivity index (χ2n) is 9.08. The number of benzene rings is 2. The molecule has 7 heteroatoms. The number of thiazole rings is 1. The summed E-state index contributed by atoms with van der Waals surface area (Å²) >= 11 is 1.57. The van der Waals surface area contributed by atoms with Crippen LogP contribution in [0.2, 0.25) is 0 Å². The van der Waals surface area contributed by atoms with E-state index in [2.05, 4.69) is 72.5 Å². The fourth-order valence-corrected chi connectivity index (χ4v) is 5.49. The maximum atomic E-state index is 6.57. The van der Waals surface area contributed by atoms with E-state index in [1.54, 1.807) is 11.3 Å². The van der Waals surface area contributed by atoms with Gasteiger partial charge in [0.25, 0.3) is 0 Å². The Morgan fingerprint density at radius 1 is 0.667 bits per heavy atom. The minimum atomic E-state index is 0.491. The van der Waals surface area contributed by atoms with E-state index in [9.17, 15) is 0 Å². The van der Waals surface area contributed by atoms with Crippen LogP contribution >= 0.6 is 11.3 Å². The summed E-state index contributed by atoms with van der Waals surface area (Å²) in [5.41, 5.74) is 21.2. The third kappa shape index (κ3) is 3.46. The van der Waals surface area contributed by atoms with Gasteiger partial charge in [-0.25, -0.2) is 9.67 Å². The van der Waals surface area contributed by atoms with Gasteiger partial charge in [0, 0.05) is 0 Å². The molecule has 0 unspecified atom stereocenters. The normalized spacial score (nSPS) is 11.9. The van der Waals surface area contributed by atoms with E-state index in [1.807, 2.05) is 11.6 Å². The monoisotopic (exact) mass is 460 g/mol. The van der Waals surface area contributed by atoms with Crippen molar-refractivity contribution in [1.29, 1.82) is 0 Å². The topological polar surface area (TPSA) is 81.5 Å². The predicted molar refractivity (Wildman–Crippen MR) is 139 cm³/mol. The number of hydrogen-bond acceptors (Lipinski definition) is 6. The lowest BCUT2D eigenvalue weighted by Gasteiger charge is -2.19. The number of aryl methyl sites for hydroxylation is 3. The maximum absolute atomic E-state index is 6.57. The SMILES string of the molecule is Cc1nn(-c2c(C)c(C)c(C)c(C)c2C)c(N)c1N=Nc1nc2c(C)c(C)c(C)c(C)c2s1. The highest BCUT2D eigenvalue weighted by Crippen LogP contribution is 2.38. The van der Waals surface area contributed by atoms with Crippen molar-refractivity contribution in [2.24, 2.45) is 10.2 Å². The molecule has 0 saturated carbocycles. The molecule has 0 saturated heterocycles. The number of aromatic nitrogens is 3. The summed E-state index contributed by atoms with van der Waals surface area (Å²) in [5.74, 6) is 0.491. The van der Waals surface area contributed by atoms with Gasteiger partial charge in [-0.1, -0.05) is 11.3 Å². The Hall–Kier alpha value is -3.06. The van der Waals surface area contributed by atoms with Crippen LogP contribution in [0.5, 0.6) is 0 Å². The molecule has 0 aliphatic carbocycles. The molecular weight excluding hydrogens is 428 g/mol. The van der Waals surface area contributed by atoms with Gasteiger partial charge < -0.3 is 5.73 Å². The molecule has 6 nitrogen and oxygen atoms in total.